The van der Waals surface area contributed by atoms with Crippen molar-refractivity contribution < 1.29 is 18.7 Å². The Hall–Kier alpha value is -2.92. The number of Topliss-reactive ketones (excluding diaryl/α,β-unsaturated/α-hetero) is 1. The van der Waals surface area contributed by atoms with Crippen molar-refractivity contribution in [3.05, 3.63) is 99.0 Å². The molecule has 1 aliphatic rings. The quantitative estimate of drug-likeness (QED) is 0.462. The maximum absolute atomic E-state index is 13.8. The number of allylic oxidation sites excluding steroid dienone is 1. The van der Waals surface area contributed by atoms with Gasteiger partial charge in [0.1, 0.15) is 23.9 Å². The lowest BCUT2D eigenvalue weighted by Crippen LogP contribution is -2.00. The molecule has 28 heavy (non-hydrogen) atoms. The molecule has 0 aromatic heterocycles. The molecule has 3 aromatic rings. The van der Waals surface area contributed by atoms with Gasteiger partial charge in [0.05, 0.1) is 5.56 Å². The second-order valence-corrected chi connectivity index (χ2v) is 7.40. The molecule has 0 aliphatic carbocycles. The monoisotopic (exact) mass is 438 g/mol. The van der Waals surface area contributed by atoms with Crippen LogP contribution < -0.4 is 9.47 Å². The zero-order chi connectivity index (χ0) is 19.7. The summed E-state index contributed by atoms with van der Waals surface area (Å²) >= 11 is 3.42. The SMILES string of the molecule is Cc1cc(OCc2ccccc2F)cc2c1C(=O)/C(=C/c1cccc(Br)c1)O2. The number of fused-ring (bicyclic) bond motifs is 1. The molecule has 0 fully saturated rings. The van der Waals surface area contributed by atoms with E-state index in [0.29, 0.717) is 22.6 Å². The Morgan fingerprint density at radius 2 is 1.93 bits per heavy atom. The van der Waals surface area contributed by atoms with E-state index in [-0.39, 0.29) is 24.0 Å². The third-order valence-corrected chi connectivity index (χ3v) is 4.94. The van der Waals surface area contributed by atoms with Gasteiger partial charge in [-0.15, -0.1) is 0 Å². The summed E-state index contributed by atoms with van der Waals surface area (Å²) < 4.78 is 26.2. The highest BCUT2D eigenvalue weighted by Crippen LogP contribution is 2.37. The molecule has 5 heteroatoms. The molecule has 0 saturated heterocycles. The van der Waals surface area contributed by atoms with E-state index in [9.17, 15) is 9.18 Å². The smallest absolute Gasteiger partial charge is 0.232 e. The molecule has 4 rings (SSSR count). The molecule has 3 aromatic carbocycles. The Balaban J connectivity index is 1.58. The van der Waals surface area contributed by atoms with E-state index in [2.05, 4.69) is 15.9 Å². The number of hydrogen-bond acceptors (Lipinski definition) is 3. The fourth-order valence-corrected chi connectivity index (χ4v) is 3.50. The highest BCUT2D eigenvalue weighted by Gasteiger charge is 2.30. The van der Waals surface area contributed by atoms with Gasteiger partial charge in [0, 0.05) is 16.1 Å². The lowest BCUT2D eigenvalue weighted by atomic mass is 10.0. The van der Waals surface area contributed by atoms with Crippen molar-refractivity contribution in [2.75, 3.05) is 0 Å². The van der Waals surface area contributed by atoms with E-state index in [4.69, 9.17) is 9.47 Å². The first-order valence-electron chi connectivity index (χ1n) is 8.72. The van der Waals surface area contributed by atoms with Crippen molar-refractivity contribution in [2.24, 2.45) is 0 Å². The number of benzene rings is 3. The lowest BCUT2D eigenvalue weighted by molar-refractivity contribution is 0.101. The van der Waals surface area contributed by atoms with Gasteiger partial charge in [0.25, 0.3) is 0 Å². The van der Waals surface area contributed by atoms with Crippen LogP contribution in [0.25, 0.3) is 6.08 Å². The van der Waals surface area contributed by atoms with Crippen LogP contribution in [-0.4, -0.2) is 5.78 Å². The molecule has 1 aliphatic heterocycles. The standard InChI is InChI=1S/C23H16BrFO3/c1-14-9-18(27-13-16-6-2-3-8-19(16)25)12-20-22(14)23(26)21(28-20)11-15-5-4-7-17(24)10-15/h2-12H,13H2,1H3/b21-11-. The molecule has 0 saturated carbocycles. The summed E-state index contributed by atoms with van der Waals surface area (Å²) in [5.74, 6) is 0.771. The zero-order valence-corrected chi connectivity index (χ0v) is 16.6. The number of carbonyl (C=O) groups excluding carboxylic acids is 1. The Morgan fingerprint density at radius 3 is 2.71 bits per heavy atom. The number of halogens is 2. The van der Waals surface area contributed by atoms with Gasteiger partial charge in [-0.25, -0.2) is 4.39 Å². The third kappa shape index (κ3) is 3.71. The minimum atomic E-state index is -0.314. The summed E-state index contributed by atoms with van der Waals surface area (Å²) in [6, 6.07) is 17.5. The summed E-state index contributed by atoms with van der Waals surface area (Å²) in [4.78, 5) is 12.7. The van der Waals surface area contributed by atoms with Crippen LogP contribution in [0, 0.1) is 12.7 Å². The summed E-state index contributed by atoms with van der Waals surface area (Å²) in [5.41, 5.74) is 2.61. The van der Waals surface area contributed by atoms with Gasteiger partial charge < -0.3 is 9.47 Å². The first-order valence-corrected chi connectivity index (χ1v) is 9.51. The highest BCUT2D eigenvalue weighted by atomic mass is 79.9. The van der Waals surface area contributed by atoms with Gasteiger partial charge >= 0.3 is 0 Å². The summed E-state index contributed by atoms with van der Waals surface area (Å²) in [7, 11) is 0. The third-order valence-electron chi connectivity index (χ3n) is 4.44. The van der Waals surface area contributed by atoms with Crippen molar-refractivity contribution in [1.29, 1.82) is 0 Å². The van der Waals surface area contributed by atoms with Crippen LogP contribution in [0.15, 0.2) is 70.9 Å². The molecule has 0 radical (unpaired) electrons. The van der Waals surface area contributed by atoms with Crippen LogP contribution in [0.2, 0.25) is 0 Å². The Morgan fingerprint density at radius 1 is 1.11 bits per heavy atom. The molecule has 3 nitrogen and oxygen atoms in total. The molecular weight excluding hydrogens is 423 g/mol. The van der Waals surface area contributed by atoms with E-state index in [1.165, 1.54) is 6.07 Å². The molecule has 0 bridgehead atoms. The summed E-state index contributed by atoms with van der Waals surface area (Å²) in [6.45, 7) is 1.93. The van der Waals surface area contributed by atoms with Crippen LogP contribution in [0.1, 0.15) is 27.0 Å². The number of hydrogen-bond donors (Lipinski definition) is 0. The summed E-state index contributed by atoms with van der Waals surface area (Å²) in [5, 5.41) is 0. The second kappa shape index (κ2) is 7.60. The zero-order valence-electron chi connectivity index (χ0n) is 15.0. The largest absolute Gasteiger partial charge is 0.489 e. The van der Waals surface area contributed by atoms with Gasteiger partial charge in [0.2, 0.25) is 5.78 Å². The lowest BCUT2D eigenvalue weighted by Gasteiger charge is -2.09. The van der Waals surface area contributed by atoms with E-state index < -0.39 is 0 Å². The maximum atomic E-state index is 13.8. The van der Waals surface area contributed by atoms with Crippen LogP contribution in [0.4, 0.5) is 4.39 Å². The molecule has 1 heterocycles. The van der Waals surface area contributed by atoms with Crippen molar-refractivity contribution in [1.82, 2.24) is 0 Å². The van der Waals surface area contributed by atoms with Gasteiger partial charge in [-0.3, -0.25) is 4.79 Å². The molecule has 0 N–H and O–H groups in total. The highest BCUT2D eigenvalue weighted by molar-refractivity contribution is 9.10. The predicted octanol–water partition coefficient (Wildman–Crippen LogP) is 6.09. The average Bonchev–Trinajstić information content (AvgIpc) is 2.97. The molecule has 0 atom stereocenters. The average molecular weight is 439 g/mol. The molecular formula is C23H16BrFO3. The van der Waals surface area contributed by atoms with Crippen molar-refractivity contribution in [3.8, 4) is 11.5 Å². The molecule has 0 unspecified atom stereocenters. The van der Waals surface area contributed by atoms with Crippen LogP contribution in [0.3, 0.4) is 0 Å². The van der Waals surface area contributed by atoms with Gasteiger partial charge in [-0.1, -0.05) is 46.3 Å². The van der Waals surface area contributed by atoms with Crippen molar-refractivity contribution in [2.45, 2.75) is 13.5 Å². The van der Waals surface area contributed by atoms with Crippen LogP contribution in [0.5, 0.6) is 11.5 Å². The molecule has 140 valence electrons. The van der Waals surface area contributed by atoms with Crippen molar-refractivity contribution in [3.63, 3.8) is 0 Å². The fourth-order valence-electron chi connectivity index (χ4n) is 3.09. The number of ketones is 1. The van der Waals surface area contributed by atoms with Gasteiger partial charge in [-0.05, 0) is 48.4 Å². The van der Waals surface area contributed by atoms with E-state index >= 15 is 0 Å². The Labute approximate surface area is 170 Å². The number of rotatable bonds is 4. The first kappa shape index (κ1) is 18.4. The number of aryl methyl sites for hydroxylation is 1. The first-order chi connectivity index (χ1) is 13.5. The minimum Gasteiger partial charge on any atom is -0.489 e. The Bertz CT molecular complexity index is 1100. The van der Waals surface area contributed by atoms with Gasteiger partial charge in [-0.2, -0.15) is 0 Å². The van der Waals surface area contributed by atoms with Crippen molar-refractivity contribution >= 4 is 27.8 Å². The maximum Gasteiger partial charge on any atom is 0.232 e. The normalized spacial score (nSPS) is 14.1. The van der Waals surface area contributed by atoms with E-state index in [0.717, 1.165) is 15.6 Å². The number of ether oxygens (including phenoxy) is 2. The molecule has 0 spiro atoms. The van der Waals surface area contributed by atoms with Crippen LogP contribution in [-0.2, 0) is 6.61 Å². The number of carbonyl (C=O) groups is 1. The van der Waals surface area contributed by atoms with E-state index in [1.807, 2.05) is 31.2 Å². The second-order valence-electron chi connectivity index (χ2n) is 6.49. The van der Waals surface area contributed by atoms with Crippen LogP contribution >= 0.6 is 15.9 Å². The topological polar surface area (TPSA) is 35.5 Å². The summed E-state index contributed by atoms with van der Waals surface area (Å²) in [6.07, 6.45) is 1.71. The fraction of sp³-hybridized carbons (Fsp3) is 0.0870. The molecule has 0 amide bonds. The van der Waals surface area contributed by atoms with Gasteiger partial charge in [0.15, 0.2) is 5.76 Å². The predicted molar refractivity (Wildman–Crippen MR) is 109 cm³/mol. The van der Waals surface area contributed by atoms with E-state index in [1.54, 1.807) is 36.4 Å². The minimum absolute atomic E-state index is 0.0968. The Kier molecular flexibility index (Phi) is 5.01.